The van der Waals surface area contributed by atoms with E-state index in [0.717, 1.165) is 25.0 Å². The van der Waals surface area contributed by atoms with Crippen LogP contribution >= 0.6 is 0 Å². The topological polar surface area (TPSA) is 137 Å². The zero-order valence-corrected chi connectivity index (χ0v) is 23.0. The van der Waals surface area contributed by atoms with Gasteiger partial charge in [-0.2, -0.15) is 0 Å². The number of rotatable bonds is 9. The number of benzene rings is 1. The van der Waals surface area contributed by atoms with E-state index in [4.69, 9.17) is 19.9 Å². The van der Waals surface area contributed by atoms with E-state index in [1.807, 2.05) is 6.07 Å². The first-order valence-electron chi connectivity index (χ1n) is 13.7. The molecule has 1 spiro atoms. The van der Waals surface area contributed by atoms with E-state index in [1.165, 1.54) is 11.1 Å². The maximum atomic E-state index is 13.0. The second kappa shape index (κ2) is 9.14. The summed E-state index contributed by atoms with van der Waals surface area (Å²) >= 11 is 0. The van der Waals surface area contributed by atoms with Crippen LogP contribution in [-0.2, 0) is 31.0 Å². The molecular formula is C29H40N2O7. The molecule has 38 heavy (non-hydrogen) atoms. The molecule has 9 heteroatoms. The lowest BCUT2D eigenvalue weighted by molar-refractivity contribution is -0.176. The van der Waals surface area contributed by atoms with Crippen molar-refractivity contribution in [3.05, 3.63) is 23.3 Å². The van der Waals surface area contributed by atoms with Crippen LogP contribution in [0.25, 0.3) is 0 Å². The Bertz CT molecular complexity index is 1160. The summed E-state index contributed by atoms with van der Waals surface area (Å²) in [7, 11) is 1.64. The zero-order valence-electron chi connectivity index (χ0n) is 23.0. The molecule has 9 nitrogen and oxygen atoms in total. The Morgan fingerprint density at radius 2 is 1.97 bits per heavy atom. The van der Waals surface area contributed by atoms with Gasteiger partial charge in [0.1, 0.15) is 18.2 Å². The third-order valence-electron chi connectivity index (χ3n) is 9.60. The van der Waals surface area contributed by atoms with E-state index < -0.39 is 30.0 Å². The summed E-state index contributed by atoms with van der Waals surface area (Å²) in [5, 5.41) is 11.8. The molecule has 208 valence electrons. The van der Waals surface area contributed by atoms with Crippen molar-refractivity contribution in [2.24, 2.45) is 28.4 Å². The number of hydrogen-bond acceptors (Lipinski definition) is 7. The maximum absolute atomic E-state index is 13.0. The van der Waals surface area contributed by atoms with Crippen LogP contribution < -0.4 is 20.5 Å². The molecule has 2 bridgehead atoms. The number of esters is 1. The second-order valence-corrected chi connectivity index (χ2v) is 12.7. The average molecular weight is 529 g/mol. The number of hydrogen-bond donors (Lipinski definition) is 3. The highest BCUT2D eigenvalue weighted by Gasteiger charge is 2.77. The Balaban J connectivity index is 1.38. The summed E-state index contributed by atoms with van der Waals surface area (Å²) < 4.78 is 18.4. The summed E-state index contributed by atoms with van der Waals surface area (Å²) in [6, 6.07) is 3.10. The Hall–Kier alpha value is -2.81. The normalized spacial score (nSPS) is 32.2. The quantitative estimate of drug-likeness (QED) is 0.416. The standard InChI is InChI=1S/C29H40N2O7/c1-15(2)22(25(34)35)31-19(32)8-9-20(33)37-18-10-11-28(14-30)13-29-21-16(12-27(3,4)26(28)29)6-7-17(36-5)23(21)38-24(18)29/h6-7,15,18,22,24,26H,8-14,30H2,1-5H3,(H,31,32)(H,34,35)/t18-,22-,24-,26?,28?,29-/m0/s1. The Morgan fingerprint density at radius 3 is 2.61 bits per heavy atom. The van der Waals surface area contributed by atoms with Crippen LogP contribution in [0.4, 0.5) is 0 Å². The molecule has 4 aliphatic carbocycles. The number of carbonyl (C=O) groups excluding carboxylic acids is 2. The van der Waals surface area contributed by atoms with Gasteiger partial charge < -0.3 is 30.4 Å². The molecule has 1 aromatic rings. The number of carbonyl (C=O) groups is 3. The van der Waals surface area contributed by atoms with Crippen molar-refractivity contribution in [1.29, 1.82) is 0 Å². The summed E-state index contributed by atoms with van der Waals surface area (Å²) in [6.45, 7) is 8.65. The van der Waals surface area contributed by atoms with Gasteiger partial charge in [0.05, 0.1) is 13.5 Å². The molecule has 6 atom stereocenters. The molecule has 0 aromatic heterocycles. The molecule has 3 saturated carbocycles. The van der Waals surface area contributed by atoms with Gasteiger partial charge in [-0.05, 0) is 66.5 Å². The number of nitrogens with one attached hydrogen (secondary N) is 1. The number of methoxy groups -OCH3 is 1. The van der Waals surface area contributed by atoms with Crippen LogP contribution in [0.3, 0.4) is 0 Å². The van der Waals surface area contributed by atoms with E-state index in [-0.39, 0.29) is 47.0 Å². The molecule has 3 fully saturated rings. The lowest BCUT2D eigenvalue weighted by atomic mass is 9.34. The van der Waals surface area contributed by atoms with Crippen molar-refractivity contribution in [1.82, 2.24) is 5.32 Å². The maximum Gasteiger partial charge on any atom is 0.326 e. The minimum absolute atomic E-state index is 0.00346. The fourth-order valence-electron chi connectivity index (χ4n) is 8.57. The molecular weight excluding hydrogens is 488 g/mol. The molecule has 4 N–H and O–H groups in total. The molecule has 1 amide bonds. The molecule has 0 radical (unpaired) electrons. The first-order chi connectivity index (χ1) is 17.9. The number of ether oxygens (including phenoxy) is 3. The van der Waals surface area contributed by atoms with Gasteiger partial charge in [-0.15, -0.1) is 0 Å². The average Bonchev–Trinajstić information content (AvgIpc) is 3.06. The van der Waals surface area contributed by atoms with Gasteiger partial charge in [-0.3, -0.25) is 9.59 Å². The van der Waals surface area contributed by atoms with Crippen molar-refractivity contribution >= 4 is 17.8 Å². The van der Waals surface area contributed by atoms with E-state index in [0.29, 0.717) is 18.7 Å². The third kappa shape index (κ3) is 3.80. The lowest BCUT2D eigenvalue weighted by Gasteiger charge is -2.69. The number of aliphatic carboxylic acids is 1. The van der Waals surface area contributed by atoms with Gasteiger partial charge in [0.15, 0.2) is 11.5 Å². The van der Waals surface area contributed by atoms with Crippen LogP contribution in [0.1, 0.15) is 70.9 Å². The molecule has 2 unspecified atom stereocenters. The largest absolute Gasteiger partial charge is 0.493 e. The van der Waals surface area contributed by atoms with Gasteiger partial charge in [0.2, 0.25) is 5.91 Å². The van der Waals surface area contributed by atoms with Crippen molar-refractivity contribution in [3.63, 3.8) is 0 Å². The number of fused-ring (bicyclic) bond motifs is 2. The minimum Gasteiger partial charge on any atom is -0.493 e. The van der Waals surface area contributed by atoms with Crippen LogP contribution in [0.2, 0.25) is 0 Å². The van der Waals surface area contributed by atoms with Gasteiger partial charge in [-0.25, -0.2) is 4.79 Å². The monoisotopic (exact) mass is 528 g/mol. The predicted molar refractivity (Wildman–Crippen MR) is 139 cm³/mol. The third-order valence-corrected chi connectivity index (χ3v) is 9.60. The van der Waals surface area contributed by atoms with Crippen LogP contribution in [0, 0.1) is 22.7 Å². The predicted octanol–water partition coefficient (Wildman–Crippen LogP) is 2.95. The fraction of sp³-hybridized carbons (Fsp3) is 0.690. The van der Waals surface area contributed by atoms with Gasteiger partial charge >= 0.3 is 11.9 Å². The fourth-order valence-corrected chi connectivity index (χ4v) is 8.57. The molecule has 6 rings (SSSR count). The lowest BCUT2D eigenvalue weighted by Crippen LogP contribution is -2.71. The number of carboxylic acids is 1. The molecule has 0 saturated heterocycles. The highest BCUT2D eigenvalue weighted by atomic mass is 16.6. The number of nitrogens with two attached hydrogens (primary N) is 1. The summed E-state index contributed by atoms with van der Waals surface area (Å²) in [4.78, 5) is 36.8. The molecule has 1 aliphatic heterocycles. The number of amides is 1. The second-order valence-electron chi connectivity index (χ2n) is 12.7. The zero-order chi connectivity index (χ0) is 27.6. The van der Waals surface area contributed by atoms with Crippen molar-refractivity contribution in [2.45, 2.75) is 89.9 Å². The van der Waals surface area contributed by atoms with Gasteiger partial charge in [0.25, 0.3) is 0 Å². The van der Waals surface area contributed by atoms with Gasteiger partial charge in [0, 0.05) is 17.4 Å². The van der Waals surface area contributed by atoms with Crippen molar-refractivity contribution in [3.8, 4) is 11.5 Å². The Morgan fingerprint density at radius 1 is 1.24 bits per heavy atom. The van der Waals surface area contributed by atoms with Crippen molar-refractivity contribution < 1.29 is 33.7 Å². The molecule has 5 aliphatic rings. The Kier molecular flexibility index (Phi) is 6.44. The van der Waals surface area contributed by atoms with E-state index in [2.05, 4.69) is 25.2 Å². The summed E-state index contributed by atoms with van der Waals surface area (Å²) in [6.07, 6.45) is 2.20. The van der Waals surface area contributed by atoms with Crippen LogP contribution in [-0.4, -0.2) is 54.9 Å². The van der Waals surface area contributed by atoms with E-state index in [9.17, 15) is 19.5 Å². The molecule has 1 aromatic carbocycles. The molecule has 1 heterocycles. The van der Waals surface area contributed by atoms with E-state index in [1.54, 1.807) is 21.0 Å². The first kappa shape index (κ1) is 26.8. The van der Waals surface area contributed by atoms with Gasteiger partial charge in [-0.1, -0.05) is 33.8 Å². The minimum atomic E-state index is -1.10. The van der Waals surface area contributed by atoms with Crippen LogP contribution in [0.15, 0.2) is 12.1 Å². The number of carboxylic acid groups (broad SMARTS) is 1. The van der Waals surface area contributed by atoms with E-state index >= 15 is 0 Å². The van der Waals surface area contributed by atoms with Crippen LogP contribution in [0.5, 0.6) is 11.5 Å². The Labute approximate surface area is 223 Å². The highest BCUT2D eigenvalue weighted by molar-refractivity contribution is 5.86. The first-order valence-corrected chi connectivity index (χ1v) is 13.7. The smallest absolute Gasteiger partial charge is 0.326 e. The SMILES string of the molecule is COc1ccc2c3c1O[C@H]1[C@@H](OC(=O)CCC(=O)N[C@H](C(=O)O)C(C)C)CCC4(CN)C[C@]31C4C(C)(C)C2. The summed E-state index contributed by atoms with van der Waals surface area (Å²) in [5.41, 5.74) is 8.57. The summed E-state index contributed by atoms with van der Waals surface area (Å²) in [5.74, 6) is -0.606. The highest BCUT2D eigenvalue weighted by Crippen LogP contribution is 2.77. The van der Waals surface area contributed by atoms with Crippen molar-refractivity contribution in [2.75, 3.05) is 13.7 Å².